The molecule has 0 aromatic heterocycles. The molecule has 2 saturated heterocycles. The smallest absolute Gasteiger partial charge is 0.241 e. The van der Waals surface area contributed by atoms with Gasteiger partial charge in [-0.1, -0.05) is 18.2 Å². The summed E-state index contributed by atoms with van der Waals surface area (Å²) in [7, 11) is 0. The molecule has 0 radical (unpaired) electrons. The van der Waals surface area contributed by atoms with Crippen LogP contribution in [0.4, 0.5) is 5.69 Å². The molecule has 0 bridgehead atoms. The van der Waals surface area contributed by atoms with Gasteiger partial charge in [-0.3, -0.25) is 9.69 Å². The van der Waals surface area contributed by atoms with Gasteiger partial charge in [0.15, 0.2) is 0 Å². The third-order valence-corrected chi connectivity index (χ3v) is 5.08. The minimum absolute atomic E-state index is 0.212. The molecule has 3 rings (SSSR count). The van der Waals surface area contributed by atoms with Gasteiger partial charge < -0.3 is 10.2 Å². The first kappa shape index (κ1) is 14.5. The number of rotatable bonds is 4. The molecule has 4 heteroatoms. The largest absolute Gasteiger partial charge is 0.316 e. The fraction of sp³-hybridized carbons (Fsp3) is 0.588. The van der Waals surface area contributed by atoms with Gasteiger partial charge in [0.2, 0.25) is 5.91 Å². The monoisotopic (exact) mass is 287 g/mol. The van der Waals surface area contributed by atoms with Crippen molar-refractivity contribution in [3.63, 3.8) is 0 Å². The molecule has 2 aliphatic heterocycles. The molecule has 114 valence electrons. The average molecular weight is 287 g/mol. The molecule has 21 heavy (non-hydrogen) atoms. The van der Waals surface area contributed by atoms with Crippen molar-refractivity contribution in [3.8, 4) is 0 Å². The molecule has 0 saturated carbocycles. The van der Waals surface area contributed by atoms with Crippen molar-refractivity contribution >= 4 is 11.6 Å². The van der Waals surface area contributed by atoms with Gasteiger partial charge in [0, 0.05) is 24.8 Å². The van der Waals surface area contributed by atoms with Gasteiger partial charge in [-0.15, -0.1) is 0 Å². The number of hydrogen-bond acceptors (Lipinski definition) is 3. The Labute approximate surface area is 127 Å². The van der Waals surface area contributed by atoms with Gasteiger partial charge in [-0.25, -0.2) is 0 Å². The van der Waals surface area contributed by atoms with E-state index in [4.69, 9.17) is 0 Å². The number of likely N-dealkylation sites (tertiary alicyclic amines) is 1. The molecule has 0 aliphatic carbocycles. The molecule has 2 heterocycles. The fourth-order valence-electron chi connectivity index (χ4n) is 3.83. The van der Waals surface area contributed by atoms with Crippen LogP contribution in [0.2, 0.25) is 0 Å². The normalized spacial score (nSPS) is 28.6. The fourth-order valence-corrected chi connectivity index (χ4v) is 3.83. The van der Waals surface area contributed by atoms with Crippen molar-refractivity contribution in [2.45, 2.75) is 19.9 Å². The van der Waals surface area contributed by atoms with E-state index in [1.807, 2.05) is 42.2 Å². The molecule has 1 amide bonds. The van der Waals surface area contributed by atoms with Crippen LogP contribution >= 0.6 is 0 Å². The van der Waals surface area contributed by atoms with Gasteiger partial charge in [-0.05, 0) is 50.9 Å². The van der Waals surface area contributed by atoms with Gasteiger partial charge >= 0.3 is 0 Å². The van der Waals surface area contributed by atoms with Gasteiger partial charge in [0.05, 0.1) is 6.54 Å². The lowest BCUT2D eigenvalue weighted by Crippen LogP contribution is -2.43. The average Bonchev–Trinajstić information content (AvgIpc) is 3.05. The number of hydrogen-bond donors (Lipinski definition) is 1. The molecule has 0 spiro atoms. The number of fused-ring (bicyclic) bond motifs is 1. The summed E-state index contributed by atoms with van der Waals surface area (Å²) < 4.78 is 0. The van der Waals surface area contributed by atoms with E-state index in [-0.39, 0.29) is 5.91 Å². The lowest BCUT2D eigenvalue weighted by Gasteiger charge is -2.27. The Morgan fingerprint density at radius 3 is 2.76 bits per heavy atom. The molecular formula is C17H25N3O. The first-order valence-corrected chi connectivity index (χ1v) is 8.01. The Morgan fingerprint density at radius 1 is 1.33 bits per heavy atom. The quantitative estimate of drug-likeness (QED) is 0.913. The van der Waals surface area contributed by atoms with Crippen molar-refractivity contribution in [1.29, 1.82) is 0 Å². The predicted octanol–water partition coefficient (Wildman–Crippen LogP) is 1.58. The van der Waals surface area contributed by atoms with Crippen molar-refractivity contribution in [2.75, 3.05) is 37.6 Å². The number of para-hydroxylation sites is 1. The van der Waals surface area contributed by atoms with Crippen LogP contribution in [0.25, 0.3) is 0 Å². The van der Waals surface area contributed by atoms with Gasteiger partial charge in [-0.2, -0.15) is 0 Å². The second kappa shape index (κ2) is 6.16. The highest BCUT2D eigenvalue weighted by Gasteiger charge is 2.42. The number of anilines is 1. The third-order valence-electron chi connectivity index (χ3n) is 5.08. The number of carbonyl (C=O) groups excluding carboxylic acids is 1. The Kier molecular flexibility index (Phi) is 4.27. The van der Waals surface area contributed by atoms with Crippen molar-refractivity contribution in [3.05, 3.63) is 30.3 Å². The maximum Gasteiger partial charge on any atom is 0.241 e. The number of likely N-dealkylation sites (N-methyl/N-ethyl adjacent to an activating group) is 1. The first-order valence-electron chi connectivity index (χ1n) is 8.01. The van der Waals surface area contributed by atoms with Crippen LogP contribution in [0.5, 0.6) is 0 Å². The molecule has 1 aromatic rings. The van der Waals surface area contributed by atoms with Crippen LogP contribution in [-0.4, -0.2) is 49.6 Å². The van der Waals surface area contributed by atoms with Crippen LogP contribution in [0.3, 0.4) is 0 Å². The summed E-state index contributed by atoms with van der Waals surface area (Å²) in [6, 6.07) is 10.5. The van der Waals surface area contributed by atoms with Crippen molar-refractivity contribution in [1.82, 2.24) is 10.2 Å². The van der Waals surface area contributed by atoms with E-state index >= 15 is 0 Å². The SMILES string of the molecule is CCN(C(=O)CN1CC2CNCC2C1C)c1ccccc1. The molecule has 3 unspecified atom stereocenters. The summed E-state index contributed by atoms with van der Waals surface area (Å²) in [5.74, 6) is 1.65. The van der Waals surface area contributed by atoms with Crippen molar-refractivity contribution < 1.29 is 4.79 Å². The second-order valence-electron chi connectivity index (χ2n) is 6.23. The summed E-state index contributed by atoms with van der Waals surface area (Å²) in [6.45, 7) is 8.83. The zero-order valence-corrected chi connectivity index (χ0v) is 13.0. The maximum atomic E-state index is 12.7. The standard InChI is InChI=1S/C17H25N3O/c1-3-20(15-7-5-4-6-8-15)17(21)12-19-11-14-9-18-10-16(14)13(19)2/h4-8,13-14,16,18H,3,9-12H2,1-2H3. The molecule has 2 fully saturated rings. The van der Waals surface area contributed by atoms with E-state index in [0.717, 1.165) is 37.8 Å². The van der Waals surface area contributed by atoms with E-state index in [2.05, 4.69) is 17.1 Å². The highest BCUT2D eigenvalue weighted by Crippen LogP contribution is 2.32. The van der Waals surface area contributed by atoms with E-state index in [0.29, 0.717) is 18.5 Å². The Balaban J connectivity index is 1.66. The topological polar surface area (TPSA) is 35.6 Å². The Morgan fingerprint density at radius 2 is 2.10 bits per heavy atom. The summed E-state index contributed by atoms with van der Waals surface area (Å²) in [5.41, 5.74) is 0.999. The van der Waals surface area contributed by atoms with E-state index in [1.54, 1.807) is 0 Å². The molecule has 2 aliphatic rings. The van der Waals surface area contributed by atoms with E-state index in [1.165, 1.54) is 0 Å². The van der Waals surface area contributed by atoms with Crippen molar-refractivity contribution in [2.24, 2.45) is 11.8 Å². The summed E-state index contributed by atoms with van der Waals surface area (Å²) in [6.07, 6.45) is 0. The van der Waals surface area contributed by atoms with Gasteiger partial charge in [0.25, 0.3) is 0 Å². The Hall–Kier alpha value is -1.39. The second-order valence-corrected chi connectivity index (χ2v) is 6.23. The minimum atomic E-state index is 0.212. The summed E-state index contributed by atoms with van der Waals surface area (Å²) in [5, 5.41) is 3.47. The number of amides is 1. The summed E-state index contributed by atoms with van der Waals surface area (Å²) in [4.78, 5) is 16.9. The van der Waals surface area contributed by atoms with Crippen LogP contribution < -0.4 is 10.2 Å². The first-order chi connectivity index (χ1) is 10.2. The van der Waals surface area contributed by atoms with E-state index < -0.39 is 0 Å². The number of carbonyl (C=O) groups is 1. The maximum absolute atomic E-state index is 12.7. The minimum Gasteiger partial charge on any atom is -0.316 e. The lowest BCUT2D eigenvalue weighted by molar-refractivity contribution is -0.120. The predicted molar refractivity (Wildman–Crippen MR) is 85.4 cm³/mol. The highest BCUT2D eigenvalue weighted by atomic mass is 16.2. The molecule has 1 N–H and O–H groups in total. The van der Waals surface area contributed by atoms with Gasteiger partial charge in [0.1, 0.15) is 0 Å². The zero-order chi connectivity index (χ0) is 14.8. The molecule has 1 aromatic carbocycles. The van der Waals surface area contributed by atoms with Crippen LogP contribution in [-0.2, 0) is 4.79 Å². The zero-order valence-electron chi connectivity index (χ0n) is 13.0. The van der Waals surface area contributed by atoms with Crippen LogP contribution in [0, 0.1) is 11.8 Å². The van der Waals surface area contributed by atoms with E-state index in [9.17, 15) is 4.79 Å². The lowest BCUT2D eigenvalue weighted by atomic mass is 9.95. The molecular weight excluding hydrogens is 262 g/mol. The van der Waals surface area contributed by atoms with Crippen LogP contribution in [0.15, 0.2) is 30.3 Å². The number of nitrogens with one attached hydrogen (secondary N) is 1. The number of nitrogens with zero attached hydrogens (tertiary/aromatic N) is 2. The summed E-state index contributed by atoms with van der Waals surface area (Å²) >= 11 is 0. The molecule has 4 nitrogen and oxygen atoms in total. The highest BCUT2D eigenvalue weighted by molar-refractivity contribution is 5.94. The number of benzene rings is 1. The van der Waals surface area contributed by atoms with Crippen LogP contribution in [0.1, 0.15) is 13.8 Å². The Bertz CT molecular complexity index is 490. The molecule has 3 atom stereocenters. The third kappa shape index (κ3) is 2.83.